The number of nitrogens with one attached hydrogen (secondary N) is 1. The van der Waals surface area contributed by atoms with Crippen LogP contribution in [-0.4, -0.2) is 17.4 Å². The third kappa shape index (κ3) is 1.88. The van der Waals surface area contributed by atoms with Crippen LogP contribution in [0, 0.1) is 10.1 Å². The van der Waals surface area contributed by atoms with Crippen LogP contribution < -0.4 is 10.4 Å². The van der Waals surface area contributed by atoms with Gasteiger partial charge in [0.2, 0.25) is 5.91 Å². The molecule has 1 aliphatic heterocycles. The Labute approximate surface area is 85.6 Å². The van der Waals surface area contributed by atoms with Crippen molar-refractivity contribution in [1.82, 2.24) is 5.43 Å². The van der Waals surface area contributed by atoms with Crippen molar-refractivity contribution >= 4 is 17.3 Å². The number of amides is 1. The van der Waals surface area contributed by atoms with Gasteiger partial charge in [0.05, 0.1) is 10.6 Å². The number of benzene rings is 1. The number of carbonyl (C=O) groups is 1. The minimum absolute atomic E-state index is 0.0339. The number of anilines is 1. The van der Waals surface area contributed by atoms with Crippen molar-refractivity contribution in [2.45, 2.75) is 6.42 Å². The van der Waals surface area contributed by atoms with Crippen molar-refractivity contribution in [3.63, 3.8) is 0 Å². The molecule has 1 aromatic carbocycles. The van der Waals surface area contributed by atoms with Gasteiger partial charge < -0.3 is 0 Å². The van der Waals surface area contributed by atoms with Crippen LogP contribution in [0.4, 0.5) is 11.4 Å². The van der Waals surface area contributed by atoms with Crippen molar-refractivity contribution in [2.75, 3.05) is 11.6 Å². The largest absolute Gasteiger partial charge is 0.285 e. The number of rotatable bonds is 2. The zero-order chi connectivity index (χ0) is 10.8. The standard InChI is InChI=1S/C9H9N3O3/c13-9-5-6-11(10-9)7-1-3-8(4-2-7)12(14)15/h1-4H,5-6H2,(H,10,13). The van der Waals surface area contributed by atoms with E-state index in [0.717, 1.165) is 5.69 Å². The molecule has 1 aromatic rings. The maximum absolute atomic E-state index is 10.9. The van der Waals surface area contributed by atoms with Crippen molar-refractivity contribution in [3.8, 4) is 0 Å². The predicted octanol–water partition coefficient (Wildman–Crippen LogP) is 0.836. The van der Waals surface area contributed by atoms with Gasteiger partial charge in [0.25, 0.3) is 5.69 Å². The van der Waals surface area contributed by atoms with E-state index in [1.165, 1.54) is 12.1 Å². The molecule has 0 radical (unpaired) electrons. The first-order valence-electron chi connectivity index (χ1n) is 4.48. The van der Waals surface area contributed by atoms with Gasteiger partial charge in [-0.05, 0) is 12.1 Å². The predicted molar refractivity (Wildman–Crippen MR) is 53.2 cm³/mol. The highest BCUT2D eigenvalue weighted by atomic mass is 16.6. The van der Waals surface area contributed by atoms with Crippen molar-refractivity contribution in [2.24, 2.45) is 0 Å². The van der Waals surface area contributed by atoms with E-state index >= 15 is 0 Å². The Bertz CT molecular complexity index is 402. The highest BCUT2D eigenvalue weighted by Crippen LogP contribution is 2.19. The van der Waals surface area contributed by atoms with Gasteiger partial charge in [-0.3, -0.25) is 25.3 Å². The lowest BCUT2D eigenvalue weighted by molar-refractivity contribution is -0.384. The van der Waals surface area contributed by atoms with E-state index in [1.54, 1.807) is 17.1 Å². The summed E-state index contributed by atoms with van der Waals surface area (Å²) in [5.74, 6) is -0.0339. The summed E-state index contributed by atoms with van der Waals surface area (Å²) in [5, 5.41) is 12.1. The first kappa shape index (κ1) is 9.45. The summed E-state index contributed by atoms with van der Waals surface area (Å²) in [5.41, 5.74) is 3.44. The van der Waals surface area contributed by atoms with Gasteiger partial charge in [-0.2, -0.15) is 0 Å². The molecule has 0 aliphatic carbocycles. The fourth-order valence-electron chi connectivity index (χ4n) is 1.42. The van der Waals surface area contributed by atoms with Crippen molar-refractivity contribution in [1.29, 1.82) is 0 Å². The molecule has 0 atom stereocenters. The summed E-state index contributed by atoms with van der Waals surface area (Å²) >= 11 is 0. The Morgan fingerprint density at radius 2 is 2.00 bits per heavy atom. The molecule has 6 nitrogen and oxygen atoms in total. The Hall–Kier alpha value is -2.11. The number of hydrogen-bond acceptors (Lipinski definition) is 4. The van der Waals surface area contributed by atoms with Crippen LogP contribution in [0.25, 0.3) is 0 Å². The quantitative estimate of drug-likeness (QED) is 0.575. The average molecular weight is 207 g/mol. The third-order valence-corrected chi connectivity index (χ3v) is 2.19. The summed E-state index contributed by atoms with van der Waals surface area (Å²) in [6.45, 7) is 0.594. The molecule has 1 fully saturated rings. The van der Waals surface area contributed by atoms with Crippen molar-refractivity contribution in [3.05, 3.63) is 34.4 Å². The van der Waals surface area contributed by atoms with Crippen LogP contribution >= 0.6 is 0 Å². The summed E-state index contributed by atoms with van der Waals surface area (Å²) < 4.78 is 0. The van der Waals surface area contributed by atoms with E-state index < -0.39 is 4.92 Å². The Balaban J connectivity index is 2.17. The molecule has 1 aliphatic rings. The number of nitro benzene ring substituents is 1. The monoisotopic (exact) mass is 207 g/mol. The smallest absolute Gasteiger partial charge is 0.269 e. The van der Waals surface area contributed by atoms with Gasteiger partial charge >= 0.3 is 0 Å². The lowest BCUT2D eigenvalue weighted by Gasteiger charge is -2.16. The van der Waals surface area contributed by atoms with Gasteiger partial charge in [0.1, 0.15) is 0 Å². The van der Waals surface area contributed by atoms with Gasteiger partial charge in [0, 0.05) is 25.1 Å². The van der Waals surface area contributed by atoms with E-state index in [-0.39, 0.29) is 11.6 Å². The Morgan fingerprint density at radius 1 is 1.33 bits per heavy atom. The normalized spacial score (nSPS) is 15.2. The second-order valence-electron chi connectivity index (χ2n) is 3.21. The van der Waals surface area contributed by atoms with E-state index in [4.69, 9.17) is 0 Å². The topological polar surface area (TPSA) is 75.5 Å². The summed E-state index contributed by atoms with van der Waals surface area (Å²) in [7, 11) is 0. The molecule has 1 N–H and O–H groups in total. The molecule has 15 heavy (non-hydrogen) atoms. The van der Waals surface area contributed by atoms with Crippen LogP contribution in [0.15, 0.2) is 24.3 Å². The summed E-state index contributed by atoms with van der Waals surface area (Å²) in [6, 6.07) is 6.06. The van der Waals surface area contributed by atoms with E-state index in [1.807, 2.05) is 0 Å². The molecule has 0 aromatic heterocycles. The first-order valence-corrected chi connectivity index (χ1v) is 4.48. The maximum Gasteiger partial charge on any atom is 0.269 e. The minimum Gasteiger partial charge on any atom is -0.285 e. The number of non-ortho nitro benzene ring substituents is 1. The zero-order valence-electron chi connectivity index (χ0n) is 7.84. The van der Waals surface area contributed by atoms with Gasteiger partial charge in [-0.25, -0.2) is 0 Å². The molecule has 2 rings (SSSR count). The molecule has 6 heteroatoms. The van der Waals surface area contributed by atoms with Crippen LogP contribution in [0.2, 0.25) is 0 Å². The number of nitro groups is 1. The second-order valence-corrected chi connectivity index (χ2v) is 3.21. The van der Waals surface area contributed by atoms with E-state index in [0.29, 0.717) is 13.0 Å². The number of carbonyl (C=O) groups excluding carboxylic acids is 1. The number of hydrogen-bond donors (Lipinski definition) is 1. The highest BCUT2D eigenvalue weighted by molar-refractivity contribution is 5.81. The van der Waals surface area contributed by atoms with E-state index in [9.17, 15) is 14.9 Å². The third-order valence-electron chi connectivity index (χ3n) is 2.19. The number of hydrazine groups is 1. The van der Waals surface area contributed by atoms with Gasteiger partial charge in [0.15, 0.2) is 0 Å². The molecular formula is C9H9N3O3. The molecule has 1 saturated heterocycles. The fraction of sp³-hybridized carbons (Fsp3) is 0.222. The average Bonchev–Trinajstić information content (AvgIpc) is 2.65. The molecular weight excluding hydrogens is 198 g/mol. The molecule has 0 unspecified atom stereocenters. The Morgan fingerprint density at radius 3 is 2.47 bits per heavy atom. The fourth-order valence-corrected chi connectivity index (χ4v) is 1.42. The molecule has 1 amide bonds. The maximum atomic E-state index is 10.9. The lowest BCUT2D eigenvalue weighted by Crippen LogP contribution is -2.32. The first-order chi connectivity index (χ1) is 7.16. The number of nitrogens with zero attached hydrogens (tertiary/aromatic N) is 2. The highest BCUT2D eigenvalue weighted by Gasteiger charge is 2.18. The SMILES string of the molecule is O=C1CCN(c2ccc([N+](=O)[O-])cc2)N1. The van der Waals surface area contributed by atoms with Crippen molar-refractivity contribution < 1.29 is 9.72 Å². The molecule has 0 spiro atoms. The van der Waals surface area contributed by atoms with Gasteiger partial charge in [-0.15, -0.1) is 0 Å². The molecule has 0 saturated carbocycles. The van der Waals surface area contributed by atoms with Crippen LogP contribution in [-0.2, 0) is 4.79 Å². The Kier molecular flexibility index (Phi) is 2.24. The summed E-state index contributed by atoms with van der Waals surface area (Å²) in [6.07, 6.45) is 0.455. The van der Waals surface area contributed by atoms with Crippen LogP contribution in [0.5, 0.6) is 0 Å². The lowest BCUT2D eigenvalue weighted by atomic mass is 10.3. The van der Waals surface area contributed by atoms with E-state index in [2.05, 4.69) is 5.43 Å². The zero-order valence-corrected chi connectivity index (χ0v) is 7.84. The minimum atomic E-state index is -0.452. The second kappa shape index (κ2) is 3.56. The van der Waals surface area contributed by atoms with Gasteiger partial charge in [-0.1, -0.05) is 0 Å². The van der Waals surface area contributed by atoms with Crippen LogP contribution in [0.3, 0.4) is 0 Å². The molecule has 78 valence electrons. The molecule has 1 heterocycles. The van der Waals surface area contributed by atoms with Crippen LogP contribution in [0.1, 0.15) is 6.42 Å². The molecule has 0 bridgehead atoms. The summed E-state index contributed by atoms with van der Waals surface area (Å²) in [4.78, 5) is 20.9.